The highest BCUT2D eigenvalue weighted by Gasteiger charge is 2.10. The normalized spacial score (nSPS) is 10.6. The summed E-state index contributed by atoms with van der Waals surface area (Å²) in [6.45, 7) is 5.32. The number of anilines is 2. The van der Waals surface area contributed by atoms with Gasteiger partial charge in [-0.15, -0.1) is 0 Å². The van der Waals surface area contributed by atoms with Crippen LogP contribution in [0.2, 0.25) is 0 Å². The minimum Gasteiger partial charge on any atom is -0.347 e. The van der Waals surface area contributed by atoms with Crippen molar-refractivity contribution in [2.24, 2.45) is 5.92 Å². The molecule has 2 heterocycles. The summed E-state index contributed by atoms with van der Waals surface area (Å²) >= 11 is 0. The smallest absolute Gasteiger partial charge is 0.309 e. The molecule has 0 fully saturated rings. The molecular weight excluding hydrogens is 316 g/mol. The number of rotatable bonds is 5. The first-order valence-electron chi connectivity index (χ1n) is 8.03. The van der Waals surface area contributed by atoms with Crippen molar-refractivity contribution in [3.63, 3.8) is 0 Å². The second-order valence-corrected chi connectivity index (χ2v) is 6.23. The molecule has 0 atom stereocenters. The Labute approximate surface area is 145 Å². The fourth-order valence-electron chi connectivity index (χ4n) is 2.72. The molecule has 7 nitrogen and oxygen atoms in total. The summed E-state index contributed by atoms with van der Waals surface area (Å²) in [5.74, 6) is 0.593. The summed E-state index contributed by atoms with van der Waals surface area (Å²) < 4.78 is 2.21. The summed E-state index contributed by atoms with van der Waals surface area (Å²) in [4.78, 5) is 16.3. The first-order chi connectivity index (χ1) is 12.1. The number of fused-ring (bicyclic) bond motifs is 1. The van der Waals surface area contributed by atoms with Gasteiger partial charge in [0.25, 0.3) is 11.3 Å². The molecule has 1 amide bonds. The van der Waals surface area contributed by atoms with Crippen molar-refractivity contribution < 1.29 is 4.79 Å². The summed E-state index contributed by atoms with van der Waals surface area (Å²) in [7, 11) is 0. The summed E-state index contributed by atoms with van der Waals surface area (Å²) in [5.41, 5.74) is 4.58. The maximum atomic E-state index is 12.4. The number of nitrogens with one attached hydrogen (secondary N) is 2. The van der Waals surface area contributed by atoms with Crippen LogP contribution in [0.4, 0.5) is 11.5 Å². The van der Waals surface area contributed by atoms with E-state index in [-0.39, 0.29) is 11.7 Å². The van der Waals surface area contributed by atoms with Gasteiger partial charge in [0.2, 0.25) is 5.82 Å². The molecule has 126 valence electrons. The van der Waals surface area contributed by atoms with E-state index in [1.165, 1.54) is 12.3 Å². The van der Waals surface area contributed by atoms with Crippen LogP contribution in [0.15, 0.2) is 48.8 Å². The lowest BCUT2D eigenvalue weighted by molar-refractivity contribution is 0.102. The minimum absolute atomic E-state index is 0.260. The van der Waals surface area contributed by atoms with Crippen molar-refractivity contribution in [2.45, 2.75) is 20.4 Å². The molecule has 0 aliphatic carbocycles. The third kappa shape index (κ3) is 3.75. The summed E-state index contributed by atoms with van der Waals surface area (Å²) in [6, 6.07) is 11.0. The molecule has 2 N–H and O–H groups in total. The number of pyridine rings is 1. The molecule has 0 aliphatic rings. The maximum absolute atomic E-state index is 12.4. The number of nitrogens with zero attached hydrogens (tertiary/aromatic N) is 4. The Bertz CT molecular complexity index is 954. The van der Waals surface area contributed by atoms with Gasteiger partial charge in [-0.25, -0.2) is 4.98 Å². The van der Waals surface area contributed by atoms with E-state index in [1.54, 1.807) is 6.07 Å². The zero-order valence-corrected chi connectivity index (χ0v) is 14.1. The van der Waals surface area contributed by atoms with Gasteiger partial charge in [0.1, 0.15) is 0 Å². The van der Waals surface area contributed by atoms with Crippen LogP contribution in [0.5, 0.6) is 0 Å². The van der Waals surface area contributed by atoms with E-state index in [9.17, 15) is 4.79 Å². The lowest BCUT2D eigenvalue weighted by Crippen LogP contribution is -2.12. The molecule has 7 heteroatoms. The van der Waals surface area contributed by atoms with Crippen molar-refractivity contribution in [3.8, 4) is 0 Å². The molecule has 2 aromatic heterocycles. The van der Waals surface area contributed by atoms with Crippen molar-refractivity contribution in [1.29, 1.82) is 5.39 Å². The molecule has 1 aromatic carbocycles. The summed E-state index contributed by atoms with van der Waals surface area (Å²) in [5, 5.41) is 15.3. The minimum atomic E-state index is -0.260. The number of amides is 1. The molecule has 0 unspecified atom stereocenters. The lowest BCUT2D eigenvalue weighted by Gasteiger charge is -2.09. The molecule has 0 radical (unpaired) electrons. The quantitative estimate of drug-likeness (QED) is 0.542. The predicted molar refractivity (Wildman–Crippen MR) is 97.7 cm³/mol. The van der Waals surface area contributed by atoms with E-state index in [1.807, 2.05) is 24.3 Å². The van der Waals surface area contributed by atoms with Crippen molar-refractivity contribution >= 4 is 28.3 Å². The number of diazo groups is 1. The SMILES string of the molecule is CC(C)Cn1ccc2cc(NC(=O)c3ccnc(N[N+]#N)c3)ccc21. The molecule has 3 aromatic rings. The van der Waals surface area contributed by atoms with Crippen LogP contribution in [-0.2, 0) is 6.54 Å². The maximum Gasteiger partial charge on any atom is 0.309 e. The first-order valence-corrected chi connectivity index (χ1v) is 8.03. The van der Waals surface area contributed by atoms with Gasteiger partial charge in [-0.05, 0) is 36.2 Å². The highest BCUT2D eigenvalue weighted by atomic mass is 16.1. The Morgan fingerprint density at radius 3 is 2.88 bits per heavy atom. The Balaban J connectivity index is 1.80. The fourth-order valence-corrected chi connectivity index (χ4v) is 2.72. The Morgan fingerprint density at radius 2 is 2.12 bits per heavy atom. The zero-order chi connectivity index (χ0) is 17.8. The molecular formula is C18H19N6O+. The molecule has 0 aliphatic heterocycles. The van der Waals surface area contributed by atoms with E-state index < -0.39 is 0 Å². The van der Waals surface area contributed by atoms with Crippen LogP contribution in [0.3, 0.4) is 0 Å². The highest BCUT2D eigenvalue weighted by molar-refractivity contribution is 6.05. The van der Waals surface area contributed by atoms with Crippen LogP contribution in [0, 0.1) is 11.3 Å². The van der Waals surface area contributed by atoms with E-state index in [4.69, 9.17) is 5.39 Å². The average molecular weight is 335 g/mol. The standard InChI is InChI=1S/C18H18N6O/c1-12(2)11-24-8-6-13-9-15(3-4-16(13)24)21-18(25)14-5-7-20-17(10-14)22-23-19/h3-10,12H,11H2,1-2H3,(H-,20,21,22,25)/p+1. The first kappa shape index (κ1) is 16.5. The lowest BCUT2D eigenvalue weighted by atomic mass is 10.2. The van der Waals surface area contributed by atoms with Gasteiger partial charge < -0.3 is 9.88 Å². The molecule has 0 saturated carbocycles. The van der Waals surface area contributed by atoms with Gasteiger partial charge in [0, 0.05) is 52.6 Å². The number of hydrogen-bond acceptors (Lipinski definition) is 4. The van der Waals surface area contributed by atoms with Crippen LogP contribution in [-0.4, -0.2) is 15.5 Å². The largest absolute Gasteiger partial charge is 0.347 e. The van der Waals surface area contributed by atoms with Crippen LogP contribution in [0.25, 0.3) is 16.0 Å². The molecule has 25 heavy (non-hydrogen) atoms. The predicted octanol–water partition coefficient (Wildman–Crippen LogP) is 4.12. The van der Waals surface area contributed by atoms with E-state index in [0.717, 1.165) is 23.1 Å². The third-order valence-corrected chi connectivity index (χ3v) is 3.78. The second kappa shape index (κ2) is 7.01. The van der Waals surface area contributed by atoms with Gasteiger partial charge in [-0.1, -0.05) is 13.8 Å². The van der Waals surface area contributed by atoms with E-state index in [0.29, 0.717) is 11.5 Å². The number of carbonyl (C=O) groups excluding carboxylic acids is 1. The van der Waals surface area contributed by atoms with Crippen molar-refractivity contribution in [2.75, 3.05) is 10.7 Å². The number of aromatic nitrogens is 2. The van der Waals surface area contributed by atoms with Crippen molar-refractivity contribution in [3.05, 3.63) is 59.4 Å². The Morgan fingerprint density at radius 1 is 1.28 bits per heavy atom. The second-order valence-electron chi connectivity index (χ2n) is 6.23. The van der Waals surface area contributed by atoms with Gasteiger partial charge in [0.15, 0.2) is 0 Å². The average Bonchev–Trinajstić information content (AvgIpc) is 2.97. The molecule has 0 saturated heterocycles. The number of benzene rings is 1. The molecule has 3 rings (SSSR count). The topological polar surface area (TPSA) is 87.1 Å². The monoisotopic (exact) mass is 335 g/mol. The zero-order valence-electron chi connectivity index (χ0n) is 14.1. The Hall–Kier alpha value is -3.40. The third-order valence-electron chi connectivity index (χ3n) is 3.78. The van der Waals surface area contributed by atoms with Gasteiger partial charge in [-0.3, -0.25) is 4.79 Å². The fraction of sp³-hybridized carbons (Fsp3) is 0.222. The van der Waals surface area contributed by atoms with E-state index >= 15 is 0 Å². The number of carbonyl (C=O) groups is 1. The van der Waals surface area contributed by atoms with Crippen LogP contribution in [0.1, 0.15) is 24.2 Å². The molecule has 0 spiro atoms. The van der Waals surface area contributed by atoms with E-state index in [2.05, 4.69) is 45.4 Å². The van der Waals surface area contributed by atoms with Gasteiger partial charge in [0.05, 0.1) is 0 Å². The van der Waals surface area contributed by atoms with Crippen LogP contribution >= 0.6 is 0 Å². The van der Waals surface area contributed by atoms with Gasteiger partial charge >= 0.3 is 5.08 Å². The summed E-state index contributed by atoms with van der Waals surface area (Å²) in [6.07, 6.45) is 3.53. The number of hydrogen-bond donors (Lipinski definition) is 2. The van der Waals surface area contributed by atoms with Crippen LogP contribution < -0.4 is 10.7 Å². The molecule has 0 bridgehead atoms. The van der Waals surface area contributed by atoms with Gasteiger partial charge in [-0.2, -0.15) is 0 Å². The highest BCUT2D eigenvalue weighted by Crippen LogP contribution is 2.22. The Kier molecular flexibility index (Phi) is 4.61. The van der Waals surface area contributed by atoms with Crippen molar-refractivity contribution in [1.82, 2.24) is 9.55 Å².